The van der Waals surface area contributed by atoms with E-state index in [2.05, 4.69) is 4.98 Å². The lowest BCUT2D eigenvalue weighted by Crippen LogP contribution is -2.09. The highest BCUT2D eigenvalue weighted by molar-refractivity contribution is 7.86. The number of hydrogen-bond acceptors (Lipinski definition) is 3. The lowest BCUT2D eigenvalue weighted by Gasteiger charge is -2.09. The van der Waals surface area contributed by atoms with E-state index in [0.29, 0.717) is 12.8 Å². The van der Waals surface area contributed by atoms with E-state index in [1.807, 2.05) is 37.4 Å². The van der Waals surface area contributed by atoms with Crippen LogP contribution >= 0.6 is 0 Å². The lowest BCUT2D eigenvalue weighted by molar-refractivity contribution is 0.322. The summed E-state index contributed by atoms with van der Waals surface area (Å²) in [5.41, 5.74) is 4.84. The van der Waals surface area contributed by atoms with E-state index < -0.39 is 10.1 Å². The molecule has 4 nitrogen and oxygen atoms in total. The van der Waals surface area contributed by atoms with Gasteiger partial charge in [-0.3, -0.25) is 4.18 Å². The van der Waals surface area contributed by atoms with Crippen LogP contribution in [-0.4, -0.2) is 20.0 Å². The van der Waals surface area contributed by atoms with Crippen molar-refractivity contribution in [1.82, 2.24) is 4.98 Å². The number of H-pyrrole nitrogens is 1. The third kappa shape index (κ3) is 4.45. The van der Waals surface area contributed by atoms with Crippen LogP contribution in [0.5, 0.6) is 0 Å². The molecule has 0 amide bonds. The molecule has 0 saturated heterocycles. The number of aromatic nitrogens is 1. The summed E-state index contributed by atoms with van der Waals surface area (Å²) >= 11 is 0. The SMILES string of the molecule is Cc1ccc(S(=O)(=O)OCCc2cccc3[nH]cc(Cc4cccc(F)c4)c23)cc1. The highest BCUT2D eigenvalue weighted by atomic mass is 32.2. The summed E-state index contributed by atoms with van der Waals surface area (Å²) in [5.74, 6) is -0.262. The minimum absolute atomic E-state index is 0.0416. The van der Waals surface area contributed by atoms with Gasteiger partial charge in [0.2, 0.25) is 0 Å². The van der Waals surface area contributed by atoms with E-state index >= 15 is 0 Å². The van der Waals surface area contributed by atoms with Gasteiger partial charge >= 0.3 is 0 Å². The van der Waals surface area contributed by atoms with Gasteiger partial charge in [-0.25, -0.2) is 4.39 Å². The Morgan fingerprint density at radius 2 is 1.73 bits per heavy atom. The Kier molecular flexibility index (Phi) is 5.70. The third-order valence-electron chi connectivity index (χ3n) is 5.08. The summed E-state index contributed by atoms with van der Waals surface area (Å²) in [4.78, 5) is 3.40. The van der Waals surface area contributed by atoms with Gasteiger partial charge in [0, 0.05) is 17.1 Å². The second-order valence-corrected chi connectivity index (χ2v) is 8.91. The first-order valence-corrected chi connectivity index (χ1v) is 11.1. The van der Waals surface area contributed by atoms with Crippen molar-refractivity contribution in [2.45, 2.75) is 24.7 Å². The Labute approximate surface area is 175 Å². The van der Waals surface area contributed by atoms with Crippen LogP contribution < -0.4 is 0 Å². The van der Waals surface area contributed by atoms with E-state index in [9.17, 15) is 12.8 Å². The first-order chi connectivity index (χ1) is 14.4. The van der Waals surface area contributed by atoms with Crippen LogP contribution in [0.1, 0.15) is 22.3 Å². The molecule has 0 aliphatic heterocycles. The maximum absolute atomic E-state index is 13.5. The summed E-state index contributed by atoms with van der Waals surface area (Å²) < 4.78 is 43.7. The summed E-state index contributed by atoms with van der Waals surface area (Å²) in [6.07, 6.45) is 2.94. The van der Waals surface area contributed by atoms with E-state index in [1.165, 1.54) is 12.1 Å². The van der Waals surface area contributed by atoms with E-state index in [0.717, 1.165) is 33.2 Å². The Balaban J connectivity index is 1.53. The van der Waals surface area contributed by atoms with Gasteiger partial charge in [0.15, 0.2) is 0 Å². The molecule has 0 unspecified atom stereocenters. The molecular formula is C24H22FNO3S. The zero-order chi connectivity index (χ0) is 21.1. The Morgan fingerprint density at radius 1 is 0.967 bits per heavy atom. The second-order valence-electron chi connectivity index (χ2n) is 7.30. The van der Waals surface area contributed by atoms with Crippen LogP contribution in [0.4, 0.5) is 4.39 Å². The van der Waals surface area contributed by atoms with Crippen LogP contribution in [0.25, 0.3) is 10.9 Å². The van der Waals surface area contributed by atoms with Crippen molar-refractivity contribution in [1.29, 1.82) is 0 Å². The van der Waals surface area contributed by atoms with Crippen molar-refractivity contribution < 1.29 is 17.0 Å². The van der Waals surface area contributed by atoms with Crippen molar-refractivity contribution in [3.05, 3.63) is 101 Å². The van der Waals surface area contributed by atoms with E-state index in [1.54, 1.807) is 30.3 Å². The largest absolute Gasteiger partial charge is 0.361 e. The van der Waals surface area contributed by atoms with Crippen molar-refractivity contribution in [3.8, 4) is 0 Å². The number of benzene rings is 3. The molecule has 3 aromatic carbocycles. The molecule has 0 bridgehead atoms. The predicted molar refractivity (Wildman–Crippen MR) is 116 cm³/mol. The van der Waals surface area contributed by atoms with E-state index in [-0.39, 0.29) is 17.3 Å². The predicted octanol–water partition coefficient (Wildman–Crippen LogP) is 5.15. The van der Waals surface area contributed by atoms with Gasteiger partial charge in [0.1, 0.15) is 5.82 Å². The Bertz CT molecular complexity index is 1280. The minimum Gasteiger partial charge on any atom is -0.361 e. The van der Waals surface area contributed by atoms with Gasteiger partial charge in [-0.2, -0.15) is 8.42 Å². The standard InChI is InChI=1S/C24H22FNO3S/c1-17-8-10-22(11-9-17)30(27,28)29-13-12-19-5-3-7-23-24(19)20(16-26-23)14-18-4-2-6-21(25)15-18/h2-11,15-16,26H,12-14H2,1H3. The fourth-order valence-electron chi connectivity index (χ4n) is 3.59. The molecule has 1 aromatic heterocycles. The molecule has 0 aliphatic carbocycles. The van der Waals surface area contributed by atoms with Crippen molar-refractivity contribution in [2.24, 2.45) is 0 Å². The molecule has 0 saturated carbocycles. The first kappa shape index (κ1) is 20.3. The molecule has 1 heterocycles. The number of aromatic amines is 1. The van der Waals surface area contributed by atoms with E-state index in [4.69, 9.17) is 4.18 Å². The smallest absolute Gasteiger partial charge is 0.296 e. The van der Waals surface area contributed by atoms with Crippen molar-refractivity contribution >= 4 is 21.0 Å². The van der Waals surface area contributed by atoms with Gasteiger partial charge < -0.3 is 4.98 Å². The lowest BCUT2D eigenvalue weighted by atomic mass is 9.99. The van der Waals surface area contributed by atoms with Crippen LogP contribution in [0.3, 0.4) is 0 Å². The molecule has 0 spiro atoms. The zero-order valence-electron chi connectivity index (χ0n) is 16.6. The number of hydrogen-bond donors (Lipinski definition) is 1. The number of rotatable bonds is 7. The third-order valence-corrected chi connectivity index (χ3v) is 6.40. The monoisotopic (exact) mass is 423 g/mol. The number of aryl methyl sites for hydroxylation is 1. The summed E-state index contributed by atoms with van der Waals surface area (Å²) in [6, 6.07) is 19.0. The number of nitrogens with one attached hydrogen (secondary N) is 1. The Hall–Kier alpha value is -2.96. The van der Waals surface area contributed by atoms with Gasteiger partial charge in [-0.15, -0.1) is 0 Å². The first-order valence-electron chi connectivity index (χ1n) is 9.71. The van der Waals surface area contributed by atoms with Crippen molar-refractivity contribution in [2.75, 3.05) is 6.61 Å². The summed E-state index contributed by atoms with van der Waals surface area (Å²) in [5, 5.41) is 1.03. The van der Waals surface area contributed by atoms with Gasteiger partial charge in [0.05, 0.1) is 11.5 Å². The van der Waals surface area contributed by atoms with Crippen LogP contribution in [-0.2, 0) is 27.1 Å². The molecule has 4 rings (SSSR count). The molecule has 0 aliphatic rings. The molecule has 154 valence electrons. The molecule has 4 aromatic rings. The molecule has 0 atom stereocenters. The minimum atomic E-state index is -3.80. The molecule has 0 fully saturated rings. The normalized spacial score (nSPS) is 11.8. The number of fused-ring (bicyclic) bond motifs is 1. The fourth-order valence-corrected chi connectivity index (χ4v) is 4.49. The van der Waals surface area contributed by atoms with Gasteiger partial charge in [0.25, 0.3) is 10.1 Å². The van der Waals surface area contributed by atoms with Gasteiger partial charge in [-0.1, -0.05) is 42.0 Å². The van der Waals surface area contributed by atoms with Crippen LogP contribution in [0, 0.1) is 12.7 Å². The highest BCUT2D eigenvalue weighted by Gasteiger charge is 2.16. The average Bonchev–Trinajstić information content (AvgIpc) is 3.12. The topological polar surface area (TPSA) is 59.2 Å². The van der Waals surface area contributed by atoms with Crippen molar-refractivity contribution in [3.63, 3.8) is 0 Å². The average molecular weight is 424 g/mol. The second kappa shape index (κ2) is 8.42. The zero-order valence-corrected chi connectivity index (χ0v) is 17.4. The molecule has 6 heteroatoms. The van der Waals surface area contributed by atoms with Crippen LogP contribution in [0.2, 0.25) is 0 Å². The maximum atomic E-state index is 13.5. The summed E-state index contributed by atoms with van der Waals surface area (Å²) in [6.45, 7) is 1.94. The number of halogens is 1. The highest BCUT2D eigenvalue weighted by Crippen LogP contribution is 2.26. The fraction of sp³-hybridized carbons (Fsp3) is 0.167. The Morgan fingerprint density at radius 3 is 2.50 bits per heavy atom. The maximum Gasteiger partial charge on any atom is 0.296 e. The van der Waals surface area contributed by atoms with Gasteiger partial charge in [-0.05, 0) is 66.8 Å². The summed E-state index contributed by atoms with van der Waals surface area (Å²) in [7, 11) is -3.80. The molecule has 0 radical (unpaired) electrons. The van der Waals surface area contributed by atoms with Crippen LogP contribution in [0.15, 0.2) is 77.8 Å². The quantitative estimate of drug-likeness (QED) is 0.418. The molecule has 30 heavy (non-hydrogen) atoms. The molecular weight excluding hydrogens is 401 g/mol. The molecule has 1 N–H and O–H groups in total.